The fourth-order valence-electron chi connectivity index (χ4n) is 1.96. The van der Waals surface area contributed by atoms with Gasteiger partial charge >= 0.3 is 0 Å². The average molecular weight is 338 g/mol. The third-order valence-corrected chi connectivity index (χ3v) is 5.09. The van der Waals surface area contributed by atoms with Gasteiger partial charge in [-0.15, -0.1) is 0 Å². The van der Waals surface area contributed by atoms with Gasteiger partial charge in [0.25, 0.3) is 15.7 Å². The first kappa shape index (κ1) is 17.1. The molecular formula is C14H18N4O4S. The number of nitro benzene ring substituents is 1. The van der Waals surface area contributed by atoms with E-state index in [4.69, 9.17) is 0 Å². The summed E-state index contributed by atoms with van der Waals surface area (Å²) in [5.74, 6) is 0. The van der Waals surface area contributed by atoms with E-state index in [0.717, 1.165) is 0 Å². The normalized spacial score (nSPS) is 12.0. The molecule has 0 saturated heterocycles. The molecule has 0 amide bonds. The molecule has 2 rings (SSSR count). The van der Waals surface area contributed by atoms with Gasteiger partial charge in [0.15, 0.2) is 5.03 Å². The zero-order valence-corrected chi connectivity index (χ0v) is 13.9. The summed E-state index contributed by atoms with van der Waals surface area (Å²) in [7, 11) is -2.26. The Labute approximate surface area is 134 Å². The molecule has 23 heavy (non-hydrogen) atoms. The van der Waals surface area contributed by atoms with E-state index >= 15 is 0 Å². The van der Waals surface area contributed by atoms with E-state index in [1.165, 1.54) is 48.1 Å². The number of rotatable bonds is 6. The maximum Gasteiger partial charge on any atom is 0.269 e. The van der Waals surface area contributed by atoms with Crippen LogP contribution >= 0.6 is 0 Å². The van der Waals surface area contributed by atoms with Crippen molar-refractivity contribution in [1.29, 1.82) is 0 Å². The summed E-state index contributed by atoms with van der Waals surface area (Å²) < 4.78 is 27.9. The van der Waals surface area contributed by atoms with E-state index < -0.39 is 14.9 Å². The standard InChI is InChI=1S/C14H18N4O4S/c1-11(2)17-9-14(15-10-17)23(21,22)16(3)8-12-4-6-13(7-5-12)18(19)20/h4-7,9-11H,8H2,1-3H3. The molecule has 8 nitrogen and oxygen atoms in total. The molecule has 0 unspecified atom stereocenters. The zero-order valence-electron chi connectivity index (χ0n) is 13.1. The second-order valence-electron chi connectivity index (χ2n) is 5.44. The van der Waals surface area contributed by atoms with Crippen molar-refractivity contribution in [1.82, 2.24) is 13.9 Å². The number of sulfonamides is 1. The summed E-state index contributed by atoms with van der Waals surface area (Å²) in [4.78, 5) is 14.1. The van der Waals surface area contributed by atoms with Crippen LogP contribution in [0.3, 0.4) is 0 Å². The molecule has 0 atom stereocenters. The number of benzene rings is 1. The lowest BCUT2D eigenvalue weighted by Crippen LogP contribution is -2.26. The molecule has 0 saturated carbocycles. The Hall–Kier alpha value is -2.26. The van der Waals surface area contributed by atoms with Crippen LogP contribution in [-0.2, 0) is 16.6 Å². The number of aromatic nitrogens is 2. The highest BCUT2D eigenvalue weighted by molar-refractivity contribution is 7.89. The minimum absolute atomic E-state index is 0.0180. The fraction of sp³-hybridized carbons (Fsp3) is 0.357. The van der Waals surface area contributed by atoms with Crippen LogP contribution in [0.4, 0.5) is 5.69 Å². The summed E-state index contributed by atoms with van der Waals surface area (Å²) in [6.45, 7) is 3.96. The number of nitrogens with zero attached hydrogens (tertiary/aromatic N) is 4. The third-order valence-electron chi connectivity index (χ3n) is 3.40. The number of non-ortho nitro benzene ring substituents is 1. The van der Waals surface area contributed by atoms with Gasteiger partial charge in [0.2, 0.25) is 0 Å². The Morgan fingerprint density at radius 1 is 1.30 bits per heavy atom. The second kappa shape index (κ2) is 6.47. The van der Waals surface area contributed by atoms with E-state index in [1.54, 1.807) is 4.57 Å². The molecule has 1 heterocycles. The average Bonchev–Trinajstić information content (AvgIpc) is 2.98. The first-order valence-electron chi connectivity index (χ1n) is 6.95. The van der Waals surface area contributed by atoms with Crippen LogP contribution in [0.5, 0.6) is 0 Å². The van der Waals surface area contributed by atoms with Gasteiger partial charge in [-0.25, -0.2) is 13.4 Å². The Morgan fingerprint density at radius 2 is 1.91 bits per heavy atom. The van der Waals surface area contributed by atoms with Crippen molar-refractivity contribution in [2.75, 3.05) is 7.05 Å². The topological polar surface area (TPSA) is 98.3 Å². The van der Waals surface area contributed by atoms with Crippen LogP contribution in [0, 0.1) is 10.1 Å². The van der Waals surface area contributed by atoms with Crippen molar-refractivity contribution in [3.63, 3.8) is 0 Å². The molecule has 0 aliphatic heterocycles. The van der Waals surface area contributed by atoms with E-state index in [1.807, 2.05) is 13.8 Å². The van der Waals surface area contributed by atoms with Crippen molar-refractivity contribution in [2.45, 2.75) is 31.5 Å². The maximum atomic E-state index is 12.5. The van der Waals surface area contributed by atoms with E-state index in [0.29, 0.717) is 5.56 Å². The van der Waals surface area contributed by atoms with Crippen molar-refractivity contribution < 1.29 is 13.3 Å². The van der Waals surface area contributed by atoms with Gasteiger partial charge in [0, 0.05) is 38.0 Å². The van der Waals surface area contributed by atoms with Crippen LogP contribution in [0.15, 0.2) is 41.8 Å². The van der Waals surface area contributed by atoms with Crippen LogP contribution in [0.2, 0.25) is 0 Å². The van der Waals surface area contributed by atoms with Gasteiger partial charge in [0.05, 0.1) is 11.3 Å². The number of hydrogen-bond donors (Lipinski definition) is 0. The molecule has 124 valence electrons. The molecule has 1 aromatic heterocycles. The van der Waals surface area contributed by atoms with Gasteiger partial charge in [0.1, 0.15) is 0 Å². The Kier molecular flexibility index (Phi) is 4.81. The molecule has 0 bridgehead atoms. The molecule has 0 aliphatic carbocycles. The number of nitro groups is 1. The monoisotopic (exact) mass is 338 g/mol. The van der Waals surface area contributed by atoms with E-state index in [-0.39, 0.29) is 23.3 Å². The summed E-state index contributed by atoms with van der Waals surface area (Å²) >= 11 is 0. The Morgan fingerprint density at radius 3 is 2.39 bits per heavy atom. The molecule has 2 aromatic rings. The maximum absolute atomic E-state index is 12.5. The van der Waals surface area contributed by atoms with Gasteiger partial charge in [-0.3, -0.25) is 10.1 Å². The van der Waals surface area contributed by atoms with Gasteiger partial charge in [-0.2, -0.15) is 4.31 Å². The predicted molar refractivity (Wildman–Crippen MR) is 84.4 cm³/mol. The van der Waals surface area contributed by atoms with Gasteiger partial charge in [-0.05, 0) is 19.4 Å². The van der Waals surface area contributed by atoms with Crippen molar-refractivity contribution in [3.05, 3.63) is 52.5 Å². The molecule has 0 fully saturated rings. The first-order valence-corrected chi connectivity index (χ1v) is 8.39. The van der Waals surface area contributed by atoms with Crippen molar-refractivity contribution in [2.24, 2.45) is 0 Å². The van der Waals surface area contributed by atoms with E-state index in [9.17, 15) is 18.5 Å². The molecule has 9 heteroatoms. The van der Waals surface area contributed by atoms with Crippen LogP contribution in [0.1, 0.15) is 25.5 Å². The molecular weight excluding hydrogens is 320 g/mol. The minimum Gasteiger partial charge on any atom is -0.334 e. The molecule has 0 spiro atoms. The van der Waals surface area contributed by atoms with Crippen LogP contribution in [0.25, 0.3) is 0 Å². The molecule has 0 N–H and O–H groups in total. The lowest BCUT2D eigenvalue weighted by atomic mass is 10.2. The fourth-order valence-corrected chi connectivity index (χ4v) is 3.03. The summed E-state index contributed by atoms with van der Waals surface area (Å²) in [5, 5.41) is 10.6. The van der Waals surface area contributed by atoms with Gasteiger partial charge < -0.3 is 4.57 Å². The smallest absolute Gasteiger partial charge is 0.269 e. The Bertz CT molecular complexity index is 796. The second-order valence-corrected chi connectivity index (χ2v) is 7.43. The highest BCUT2D eigenvalue weighted by Crippen LogP contribution is 2.18. The SMILES string of the molecule is CC(C)n1cnc(S(=O)(=O)N(C)Cc2ccc([N+](=O)[O-])cc2)c1. The minimum atomic E-state index is -3.71. The zero-order chi connectivity index (χ0) is 17.2. The number of hydrogen-bond acceptors (Lipinski definition) is 5. The van der Waals surface area contributed by atoms with Crippen LogP contribution < -0.4 is 0 Å². The quantitative estimate of drug-likeness (QED) is 0.594. The summed E-state index contributed by atoms with van der Waals surface area (Å²) in [6, 6.07) is 5.90. The lowest BCUT2D eigenvalue weighted by Gasteiger charge is -2.15. The lowest BCUT2D eigenvalue weighted by molar-refractivity contribution is -0.384. The highest BCUT2D eigenvalue weighted by Gasteiger charge is 2.24. The summed E-state index contributed by atoms with van der Waals surface area (Å²) in [5.41, 5.74) is 0.625. The van der Waals surface area contributed by atoms with Gasteiger partial charge in [-0.1, -0.05) is 12.1 Å². The van der Waals surface area contributed by atoms with E-state index in [2.05, 4.69) is 4.98 Å². The molecule has 0 aliphatic rings. The van der Waals surface area contributed by atoms with Crippen LogP contribution in [-0.4, -0.2) is 34.2 Å². The van der Waals surface area contributed by atoms with Crippen molar-refractivity contribution >= 4 is 15.7 Å². The Balaban J connectivity index is 2.17. The number of imidazole rings is 1. The van der Waals surface area contributed by atoms with Crippen molar-refractivity contribution in [3.8, 4) is 0 Å². The third kappa shape index (κ3) is 3.74. The first-order chi connectivity index (χ1) is 10.7. The predicted octanol–water partition coefficient (Wildman–Crippen LogP) is 2.19. The molecule has 0 radical (unpaired) electrons. The highest BCUT2D eigenvalue weighted by atomic mass is 32.2. The molecule has 1 aromatic carbocycles. The largest absolute Gasteiger partial charge is 0.334 e. The summed E-state index contributed by atoms with van der Waals surface area (Å²) in [6.07, 6.45) is 2.98.